The number of carbonyl (C=O) groups excluding carboxylic acids is 2. The van der Waals surface area contributed by atoms with Crippen molar-refractivity contribution in [2.24, 2.45) is 5.92 Å². The third-order valence-electron chi connectivity index (χ3n) is 5.20. The molecule has 1 aromatic carbocycles. The fourth-order valence-corrected chi connectivity index (χ4v) is 3.85. The van der Waals surface area contributed by atoms with E-state index in [9.17, 15) is 14.0 Å². The highest BCUT2D eigenvalue weighted by Crippen LogP contribution is 2.18. The highest BCUT2D eigenvalue weighted by atomic mass is 35.5. The van der Waals surface area contributed by atoms with Gasteiger partial charge in [0, 0.05) is 30.2 Å². The minimum Gasteiger partial charge on any atom is -0.352 e. The SMILES string of the molecule is O=C(NCC1CCN(CC(=O)N2CCCC2)CC1)c1cc(F)cc(Cl)c1. The van der Waals surface area contributed by atoms with Gasteiger partial charge in [0.1, 0.15) is 5.82 Å². The summed E-state index contributed by atoms with van der Waals surface area (Å²) in [5.74, 6) is -0.213. The number of benzene rings is 1. The molecule has 26 heavy (non-hydrogen) atoms. The molecule has 142 valence electrons. The Bertz CT molecular complexity index is 636. The monoisotopic (exact) mass is 381 g/mol. The Morgan fingerprint density at radius 2 is 1.81 bits per heavy atom. The van der Waals surface area contributed by atoms with Crippen molar-refractivity contribution in [3.05, 3.63) is 34.6 Å². The molecular formula is C19H25ClFN3O2. The average Bonchev–Trinajstić information content (AvgIpc) is 3.15. The molecule has 1 aromatic rings. The lowest BCUT2D eigenvalue weighted by Gasteiger charge is -2.32. The van der Waals surface area contributed by atoms with Crippen molar-refractivity contribution in [3.63, 3.8) is 0 Å². The molecule has 0 saturated carbocycles. The summed E-state index contributed by atoms with van der Waals surface area (Å²) in [5, 5.41) is 3.08. The topological polar surface area (TPSA) is 52.7 Å². The maximum absolute atomic E-state index is 13.3. The summed E-state index contributed by atoms with van der Waals surface area (Å²) >= 11 is 5.79. The first-order chi connectivity index (χ1) is 12.5. The summed E-state index contributed by atoms with van der Waals surface area (Å²) in [6, 6.07) is 3.83. The van der Waals surface area contributed by atoms with Crippen LogP contribution in [0, 0.1) is 11.7 Å². The molecule has 7 heteroatoms. The molecule has 0 unspecified atom stereocenters. The fraction of sp³-hybridized carbons (Fsp3) is 0.579. The van der Waals surface area contributed by atoms with Crippen LogP contribution >= 0.6 is 11.6 Å². The molecular weight excluding hydrogens is 357 g/mol. The Hall–Kier alpha value is -1.66. The Kier molecular flexibility index (Phi) is 6.48. The van der Waals surface area contributed by atoms with E-state index in [0.717, 1.165) is 51.9 Å². The number of carbonyl (C=O) groups is 2. The second-order valence-electron chi connectivity index (χ2n) is 7.18. The number of nitrogens with one attached hydrogen (secondary N) is 1. The first kappa shape index (κ1) is 19.1. The van der Waals surface area contributed by atoms with E-state index < -0.39 is 5.82 Å². The molecule has 2 fully saturated rings. The van der Waals surface area contributed by atoms with E-state index in [1.807, 2.05) is 4.90 Å². The van der Waals surface area contributed by atoms with Gasteiger partial charge in [-0.2, -0.15) is 0 Å². The van der Waals surface area contributed by atoms with Crippen LogP contribution in [0.3, 0.4) is 0 Å². The van der Waals surface area contributed by atoms with E-state index in [1.165, 1.54) is 18.2 Å². The molecule has 1 N–H and O–H groups in total. The van der Waals surface area contributed by atoms with Crippen molar-refractivity contribution in [2.45, 2.75) is 25.7 Å². The predicted molar refractivity (Wildman–Crippen MR) is 98.7 cm³/mol. The standard InChI is InChI=1S/C19H25ClFN3O2/c20-16-9-15(10-17(21)11-16)19(26)22-12-14-3-7-23(8-4-14)13-18(25)24-5-1-2-6-24/h9-11,14H,1-8,12-13H2,(H,22,26). The molecule has 2 amide bonds. The summed E-state index contributed by atoms with van der Waals surface area (Å²) in [4.78, 5) is 28.5. The van der Waals surface area contributed by atoms with Crippen molar-refractivity contribution < 1.29 is 14.0 Å². The molecule has 0 bridgehead atoms. The Morgan fingerprint density at radius 3 is 2.46 bits per heavy atom. The molecule has 2 saturated heterocycles. The minimum atomic E-state index is -0.515. The van der Waals surface area contributed by atoms with Crippen molar-refractivity contribution in [1.29, 1.82) is 0 Å². The van der Waals surface area contributed by atoms with E-state index in [4.69, 9.17) is 11.6 Å². The van der Waals surface area contributed by atoms with Gasteiger partial charge in [-0.05, 0) is 62.9 Å². The van der Waals surface area contributed by atoms with Crippen molar-refractivity contribution in [2.75, 3.05) is 39.3 Å². The Balaban J connectivity index is 1.39. The lowest BCUT2D eigenvalue weighted by atomic mass is 9.96. The summed E-state index contributed by atoms with van der Waals surface area (Å²) < 4.78 is 13.3. The summed E-state index contributed by atoms with van der Waals surface area (Å²) in [6.07, 6.45) is 4.11. The van der Waals surface area contributed by atoms with Gasteiger partial charge in [-0.25, -0.2) is 4.39 Å². The highest BCUT2D eigenvalue weighted by molar-refractivity contribution is 6.31. The molecule has 2 aliphatic rings. The maximum Gasteiger partial charge on any atom is 0.251 e. The number of halogens is 2. The third kappa shape index (κ3) is 5.17. The van der Waals surface area contributed by atoms with E-state index in [-0.39, 0.29) is 22.4 Å². The summed E-state index contributed by atoms with van der Waals surface area (Å²) in [5.41, 5.74) is 0.239. The molecule has 0 radical (unpaired) electrons. The lowest BCUT2D eigenvalue weighted by molar-refractivity contribution is -0.131. The molecule has 0 aliphatic carbocycles. The largest absolute Gasteiger partial charge is 0.352 e. The number of hydrogen-bond acceptors (Lipinski definition) is 3. The van der Waals surface area contributed by atoms with Crippen molar-refractivity contribution in [1.82, 2.24) is 15.1 Å². The van der Waals surface area contributed by atoms with E-state index in [2.05, 4.69) is 10.2 Å². The zero-order valence-electron chi connectivity index (χ0n) is 14.8. The van der Waals surface area contributed by atoms with Crippen LogP contribution in [0.4, 0.5) is 4.39 Å². The molecule has 0 spiro atoms. The van der Waals surface area contributed by atoms with Gasteiger partial charge in [-0.1, -0.05) is 11.6 Å². The fourth-order valence-electron chi connectivity index (χ4n) is 3.63. The first-order valence-electron chi connectivity index (χ1n) is 9.25. The van der Waals surface area contributed by atoms with Gasteiger partial charge in [-0.15, -0.1) is 0 Å². The van der Waals surface area contributed by atoms with Gasteiger partial charge in [0.15, 0.2) is 0 Å². The van der Waals surface area contributed by atoms with E-state index in [0.29, 0.717) is 19.0 Å². The Labute approximate surface area is 158 Å². The van der Waals surface area contributed by atoms with Gasteiger partial charge in [0.25, 0.3) is 5.91 Å². The van der Waals surface area contributed by atoms with Gasteiger partial charge < -0.3 is 10.2 Å². The van der Waals surface area contributed by atoms with Crippen LogP contribution in [0.2, 0.25) is 5.02 Å². The second-order valence-corrected chi connectivity index (χ2v) is 7.61. The zero-order chi connectivity index (χ0) is 18.5. The van der Waals surface area contributed by atoms with E-state index in [1.54, 1.807) is 0 Å². The molecule has 2 heterocycles. The van der Waals surface area contributed by atoms with Crippen LogP contribution in [0.1, 0.15) is 36.0 Å². The average molecular weight is 382 g/mol. The molecule has 0 aromatic heterocycles. The number of nitrogens with zero attached hydrogens (tertiary/aromatic N) is 2. The lowest BCUT2D eigenvalue weighted by Crippen LogP contribution is -2.44. The molecule has 5 nitrogen and oxygen atoms in total. The van der Waals surface area contributed by atoms with Crippen LogP contribution in [0.5, 0.6) is 0 Å². The molecule has 2 aliphatic heterocycles. The summed E-state index contributed by atoms with van der Waals surface area (Å²) in [7, 11) is 0. The van der Waals surface area contributed by atoms with E-state index >= 15 is 0 Å². The zero-order valence-corrected chi connectivity index (χ0v) is 15.6. The number of amides is 2. The highest BCUT2D eigenvalue weighted by Gasteiger charge is 2.24. The minimum absolute atomic E-state index is 0.214. The quantitative estimate of drug-likeness (QED) is 0.852. The normalized spacial score (nSPS) is 18.9. The van der Waals surface area contributed by atoms with Gasteiger partial charge in [0.05, 0.1) is 6.54 Å². The van der Waals surface area contributed by atoms with Gasteiger partial charge >= 0.3 is 0 Å². The number of piperidine rings is 1. The predicted octanol–water partition coefficient (Wildman–Crippen LogP) is 2.54. The number of likely N-dealkylation sites (tertiary alicyclic amines) is 2. The molecule has 3 rings (SSSR count). The van der Waals surface area contributed by atoms with Crippen LogP contribution < -0.4 is 5.32 Å². The van der Waals surface area contributed by atoms with Crippen LogP contribution in [-0.2, 0) is 4.79 Å². The third-order valence-corrected chi connectivity index (χ3v) is 5.42. The van der Waals surface area contributed by atoms with Gasteiger partial charge in [-0.3, -0.25) is 14.5 Å². The van der Waals surface area contributed by atoms with Crippen molar-refractivity contribution >= 4 is 23.4 Å². The van der Waals surface area contributed by atoms with Crippen LogP contribution in [0.25, 0.3) is 0 Å². The number of rotatable bonds is 5. The van der Waals surface area contributed by atoms with Gasteiger partial charge in [0.2, 0.25) is 5.91 Å². The number of hydrogen-bond donors (Lipinski definition) is 1. The van der Waals surface area contributed by atoms with Crippen LogP contribution in [-0.4, -0.2) is 60.9 Å². The van der Waals surface area contributed by atoms with Crippen molar-refractivity contribution in [3.8, 4) is 0 Å². The van der Waals surface area contributed by atoms with Crippen LogP contribution in [0.15, 0.2) is 18.2 Å². The second kappa shape index (κ2) is 8.82. The maximum atomic E-state index is 13.3. The Morgan fingerprint density at radius 1 is 1.12 bits per heavy atom. The first-order valence-corrected chi connectivity index (χ1v) is 9.63. The molecule has 0 atom stereocenters. The summed E-state index contributed by atoms with van der Waals surface area (Å²) in [6.45, 7) is 4.58. The smallest absolute Gasteiger partial charge is 0.251 e.